The maximum Gasteiger partial charge on any atom is 0.160 e. The number of rotatable bonds is 1. The number of nitrogens with one attached hydrogen (secondary N) is 1. The lowest BCUT2D eigenvalue weighted by atomic mass is 10.3. The molecule has 4 nitrogen and oxygen atoms in total. The van der Waals surface area contributed by atoms with E-state index < -0.39 is 0 Å². The van der Waals surface area contributed by atoms with Crippen molar-refractivity contribution in [1.29, 1.82) is 0 Å². The van der Waals surface area contributed by atoms with Crippen LogP contribution in [0, 0.1) is 0 Å². The van der Waals surface area contributed by atoms with E-state index in [4.69, 9.17) is 11.6 Å². The van der Waals surface area contributed by atoms with Crippen molar-refractivity contribution >= 4 is 33.7 Å². The van der Waals surface area contributed by atoms with E-state index in [1.54, 1.807) is 0 Å². The fourth-order valence-electron chi connectivity index (χ4n) is 2.19. The van der Waals surface area contributed by atoms with E-state index in [-0.39, 0.29) is 0 Å². The van der Waals surface area contributed by atoms with Gasteiger partial charge in [-0.05, 0) is 24.3 Å². The lowest BCUT2D eigenvalue weighted by Gasteiger charge is -2.02. The number of nitrogens with zero attached hydrogens (tertiary/aromatic N) is 3. The molecule has 1 N–H and O–H groups in total. The minimum atomic E-state index is 0.350. The standard InChI is InChI=1S/C15H9ClN4/c16-14-13(17-9-5-1-2-6-10(9)18-14)15-19-11-7-3-4-8-12(11)20-15/h1-8H,(H,19,20). The third-order valence-electron chi connectivity index (χ3n) is 3.14. The minimum Gasteiger partial charge on any atom is -0.337 e. The van der Waals surface area contributed by atoms with E-state index in [0.29, 0.717) is 16.7 Å². The van der Waals surface area contributed by atoms with E-state index in [9.17, 15) is 0 Å². The quantitative estimate of drug-likeness (QED) is 0.576. The van der Waals surface area contributed by atoms with Crippen molar-refractivity contribution in [3.63, 3.8) is 0 Å². The van der Waals surface area contributed by atoms with E-state index in [1.165, 1.54) is 0 Å². The average Bonchev–Trinajstić information content (AvgIpc) is 2.90. The van der Waals surface area contributed by atoms with Crippen molar-refractivity contribution < 1.29 is 0 Å². The van der Waals surface area contributed by atoms with Crippen LogP contribution in [0.15, 0.2) is 48.5 Å². The Morgan fingerprint density at radius 3 is 2.15 bits per heavy atom. The number of aromatic nitrogens is 4. The largest absolute Gasteiger partial charge is 0.337 e. The van der Waals surface area contributed by atoms with E-state index in [0.717, 1.165) is 22.1 Å². The number of para-hydroxylation sites is 4. The fraction of sp³-hybridized carbons (Fsp3) is 0. The Labute approximate surface area is 119 Å². The first-order valence-electron chi connectivity index (χ1n) is 6.19. The van der Waals surface area contributed by atoms with E-state index >= 15 is 0 Å². The molecular formula is C15H9ClN4. The molecule has 2 heterocycles. The molecule has 0 fully saturated rings. The van der Waals surface area contributed by atoms with Crippen molar-refractivity contribution in [3.8, 4) is 11.5 Å². The van der Waals surface area contributed by atoms with Crippen LogP contribution in [0.25, 0.3) is 33.6 Å². The van der Waals surface area contributed by atoms with Gasteiger partial charge in [0.25, 0.3) is 0 Å². The molecule has 0 bridgehead atoms. The van der Waals surface area contributed by atoms with Crippen LogP contribution in [0.3, 0.4) is 0 Å². The number of halogens is 1. The number of H-pyrrole nitrogens is 1. The van der Waals surface area contributed by atoms with Crippen molar-refractivity contribution in [2.75, 3.05) is 0 Å². The van der Waals surface area contributed by atoms with Crippen LogP contribution >= 0.6 is 11.6 Å². The number of hydrogen-bond acceptors (Lipinski definition) is 3. The summed E-state index contributed by atoms with van der Waals surface area (Å²) in [7, 11) is 0. The molecule has 0 spiro atoms. The van der Waals surface area contributed by atoms with Crippen LogP contribution in [0.1, 0.15) is 0 Å². The van der Waals surface area contributed by atoms with Gasteiger partial charge < -0.3 is 4.98 Å². The zero-order chi connectivity index (χ0) is 13.5. The van der Waals surface area contributed by atoms with Gasteiger partial charge in [-0.15, -0.1) is 0 Å². The summed E-state index contributed by atoms with van der Waals surface area (Å²) in [5, 5.41) is 0.350. The minimum absolute atomic E-state index is 0.350. The lowest BCUT2D eigenvalue weighted by molar-refractivity contribution is 1.22. The highest BCUT2D eigenvalue weighted by molar-refractivity contribution is 6.32. The first-order chi connectivity index (χ1) is 9.81. The Morgan fingerprint density at radius 2 is 1.40 bits per heavy atom. The Morgan fingerprint density at radius 1 is 0.750 bits per heavy atom. The molecule has 0 aliphatic carbocycles. The molecular weight excluding hydrogens is 272 g/mol. The Bertz CT molecular complexity index is 896. The first-order valence-corrected chi connectivity index (χ1v) is 6.56. The molecule has 4 aromatic rings. The van der Waals surface area contributed by atoms with Crippen molar-refractivity contribution in [1.82, 2.24) is 19.9 Å². The van der Waals surface area contributed by atoms with Crippen molar-refractivity contribution in [2.45, 2.75) is 0 Å². The summed E-state index contributed by atoms with van der Waals surface area (Å²) in [4.78, 5) is 16.6. The maximum absolute atomic E-state index is 6.23. The molecule has 2 aromatic carbocycles. The van der Waals surface area contributed by atoms with Crippen LogP contribution in [0.4, 0.5) is 0 Å². The highest BCUT2D eigenvalue weighted by atomic mass is 35.5. The molecule has 0 aliphatic rings. The summed E-state index contributed by atoms with van der Waals surface area (Å²) in [6, 6.07) is 15.4. The summed E-state index contributed by atoms with van der Waals surface area (Å²) in [6.07, 6.45) is 0. The maximum atomic E-state index is 6.23. The predicted octanol–water partition coefficient (Wildman–Crippen LogP) is 3.83. The van der Waals surface area contributed by atoms with Gasteiger partial charge in [0.05, 0.1) is 22.1 Å². The number of aromatic amines is 1. The third-order valence-corrected chi connectivity index (χ3v) is 3.41. The molecule has 0 atom stereocenters. The average molecular weight is 281 g/mol. The monoisotopic (exact) mass is 280 g/mol. The second kappa shape index (κ2) is 4.28. The molecule has 0 aliphatic heterocycles. The highest BCUT2D eigenvalue weighted by Crippen LogP contribution is 2.26. The van der Waals surface area contributed by atoms with Gasteiger partial charge in [0.2, 0.25) is 0 Å². The summed E-state index contributed by atoms with van der Waals surface area (Å²) in [6.45, 7) is 0. The topological polar surface area (TPSA) is 54.5 Å². The van der Waals surface area contributed by atoms with Crippen LogP contribution in [0.2, 0.25) is 5.15 Å². The number of imidazole rings is 1. The van der Waals surface area contributed by atoms with Gasteiger partial charge in [0.15, 0.2) is 11.0 Å². The van der Waals surface area contributed by atoms with Crippen LogP contribution in [0.5, 0.6) is 0 Å². The number of benzene rings is 2. The molecule has 4 rings (SSSR count). The van der Waals surface area contributed by atoms with Gasteiger partial charge in [-0.1, -0.05) is 35.9 Å². The first kappa shape index (κ1) is 11.4. The second-order valence-corrected chi connectivity index (χ2v) is 4.81. The molecule has 0 saturated heterocycles. The Kier molecular flexibility index (Phi) is 2.44. The fourth-order valence-corrected chi connectivity index (χ4v) is 2.42. The van der Waals surface area contributed by atoms with Crippen LogP contribution < -0.4 is 0 Å². The summed E-state index contributed by atoms with van der Waals surface area (Å²) >= 11 is 6.23. The molecule has 96 valence electrons. The Hall–Kier alpha value is -2.46. The number of fused-ring (bicyclic) bond motifs is 2. The molecule has 20 heavy (non-hydrogen) atoms. The zero-order valence-corrected chi connectivity index (χ0v) is 11.1. The molecule has 0 amide bonds. The van der Waals surface area contributed by atoms with Gasteiger partial charge >= 0.3 is 0 Å². The smallest absolute Gasteiger partial charge is 0.160 e. The van der Waals surface area contributed by atoms with Gasteiger partial charge in [-0.2, -0.15) is 0 Å². The highest BCUT2D eigenvalue weighted by Gasteiger charge is 2.12. The van der Waals surface area contributed by atoms with Crippen LogP contribution in [-0.4, -0.2) is 19.9 Å². The van der Waals surface area contributed by atoms with Gasteiger partial charge in [-0.3, -0.25) is 0 Å². The van der Waals surface area contributed by atoms with Crippen LogP contribution in [-0.2, 0) is 0 Å². The van der Waals surface area contributed by atoms with Gasteiger partial charge in [-0.25, -0.2) is 15.0 Å². The molecule has 0 unspecified atom stereocenters. The Balaban J connectivity index is 1.98. The molecule has 0 radical (unpaired) electrons. The summed E-state index contributed by atoms with van der Waals surface area (Å²) in [5.41, 5.74) is 3.98. The molecule has 2 aromatic heterocycles. The molecule has 5 heteroatoms. The SMILES string of the molecule is Clc1nc2ccccc2nc1-c1nc2ccccc2[nH]1. The number of hydrogen-bond donors (Lipinski definition) is 1. The van der Waals surface area contributed by atoms with Crippen molar-refractivity contribution in [2.24, 2.45) is 0 Å². The van der Waals surface area contributed by atoms with E-state index in [2.05, 4.69) is 19.9 Å². The predicted molar refractivity (Wildman–Crippen MR) is 79.6 cm³/mol. The third kappa shape index (κ3) is 1.73. The lowest BCUT2D eigenvalue weighted by Crippen LogP contribution is -1.92. The second-order valence-electron chi connectivity index (χ2n) is 4.45. The summed E-state index contributed by atoms with van der Waals surface area (Å²) < 4.78 is 0. The van der Waals surface area contributed by atoms with Gasteiger partial charge in [0.1, 0.15) is 5.69 Å². The van der Waals surface area contributed by atoms with Crippen molar-refractivity contribution in [3.05, 3.63) is 53.7 Å². The van der Waals surface area contributed by atoms with Gasteiger partial charge in [0, 0.05) is 0 Å². The molecule has 0 saturated carbocycles. The summed E-state index contributed by atoms with van der Waals surface area (Å²) in [5.74, 6) is 0.634. The zero-order valence-electron chi connectivity index (χ0n) is 10.3. The van der Waals surface area contributed by atoms with E-state index in [1.807, 2.05) is 48.5 Å². The normalized spacial score (nSPS) is 11.2.